The quantitative estimate of drug-likeness (QED) is 0.742. The molecule has 0 aliphatic heterocycles. The van der Waals surface area contributed by atoms with Gasteiger partial charge in [0.05, 0.1) is 0 Å². The highest BCUT2D eigenvalue weighted by atomic mass is 35.5. The fourth-order valence-corrected chi connectivity index (χ4v) is 2.76. The lowest BCUT2D eigenvalue weighted by Crippen LogP contribution is -2.09. The van der Waals surface area contributed by atoms with Crippen LogP contribution in [-0.4, -0.2) is 9.56 Å². The van der Waals surface area contributed by atoms with Crippen molar-refractivity contribution in [1.29, 1.82) is 0 Å². The summed E-state index contributed by atoms with van der Waals surface area (Å²) in [5, 5.41) is 1.85. The molecular weight excluding hydrogens is 288 g/mol. The zero-order valence-electron chi connectivity index (χ0n) is 10.7. The molecule has 0 aliphatic carbocycles. The van der Waals surface area contributed by atoms with E-state index in [1.54, 1.807) is 0 Å². The molecule has 20 heavy (non-hydrogen) atoms. The van der Waals surface area contributed by atoms with Gasteiger partial charge in [0, 0.05) is 34.2 Å². The van der Waals surface area contributed by atoms with Crippen molar-refractivity contribution < 1.29 is 0 Å². The third-order valence-corrected chi connectivity index (χ3v) is 3.97. The van der Waals surface area contributed by atoms with E-state index in [2.05, 4.69) is 10.6 Å². The molecule has 0 bridgehead atoms. The maximum atomic E-state index is 6.22. The molecule has 4 heteroatoms. The zero-order valence-corrected chi connectivity index (χ0v) is 12.3. The van der Waals surface area contributed by atoms with E-state index in [9.17, 15) is 0 Å². The van der Waals surface area contributed by atoms with Crippen LogP contribution >= 0.6 is 23.8 Å². The van der Waals surface area contributed by atoms with Crippen LogP contribution in [0, 0.1) is 0 Å². The lowest BCUT2D eigenvalue weighted by atomic mass is 10.1. The molecule has 100 valence electrons. The standard InChI is InChI=1S/C16H13ClN2S/c17-14-6-2-1-4-11(14)10-19-9-8-12-13(16(18)20)5-3-7-15(12)19/h1-9H,10H2,(H2,18,20). The second kappa shape index (κ2) is 5.27. The minimum atomic E-state index is 0.422. The van der Waals surface area contributed by atoms with Crippen molar-refractivity contribution >= 4 is 39.7 Å². The molecule has 3 rings (SSSR count). The number of fused-ring (bicyclic) bond motifs is 1. The molecule has 0 radical (unpaired) electrons. The predicted molar refractivity (Wildman–Crippen MR) is 88.4 cm³/mol. The molecule has 0 amide bonds. The SMILES string of the molecule is NC(=S)c1cccc2c1ccn2Cc1ccccc1Cl. The number of benzene rings is 2. The van der Waals surface area contributed by atoms with Gasteiger partial charge in [-0.05, 0) is 23.8 Å². The molecule has 0 aliphatic rings. The Kier molecular flexibility index (Phi) is 3.47. The molecule has 1 heterocycles. The molecule has 0 saturated carbocycles. The third-order valence-electron chi connectivity index (χ3n) is 3.38. The van der Waals surface area contributed by atoms with Gasteiger partial charge >= 0.3 is 0 Å². The van der Waals surface area contributed by atoms with Crippen molar-refractivity contribution in [2.24, 2.45) is 5.73 Å². The molecular formula is C16H13ClN2S. The summed E-state index contributed by atoms with van der Waals surface area (Å²) in [6.07, 6.45) is 2.04. The number of nitrogens with two attached hydrogens (primary N) is 1. The van der Waals surface area contributed by atoms with Gasteiger partial charge in [-0.1, -0.05) is 54.2 Å². The molecule has 2 N–H and O–H groups in total. The van der Waals surface area contributed by atoms with Gasteiger partial charge in [-0.3, -0.25) is 0 Å². The number of nitrogens with zero attached hydrogens (tertiary/aromatic N) is 1. The first-order valence-corrected chi connectivity index (χ1v) is 7.06. The second-order valence-corrected chi connectivity index (χ2v) is 5.48. The minimum Gasteiger partial charge on any atom is -0.389 e. The van der Waals surface area contributed by atoms with Crippen LogP contribution in [-0.2, 0) is 6.54 Å². The van der Waals surface area contributed by atoms with Gasteiger partial charge in [0.25, 0.3) is 0 Å². The van der Waals surface area contributed by atoms with E-state index in [0.717, 1.165) is 33.6 Å². The molecule has 0 unspecified atom stereocenters. The minimum absolute atomic E-state index is 0.422. The zero-order chi connectivity index (χ0) is 14.1. The summed E-state index contributed by atoms with van der Waals surface area (Å²) in [7, 11) is 0. The summed E-state index contributed by atoms with van der Waals surface area (Å²) in [5.74, 6) is 0. The van der Waals surface area contributed by atoms with Crippen molar-refractivity contribution in [3.8, 4) is 0 Å². The Morgan fingerprint density at radius 2 is 1.90 bits per heavy atom. The van der Waals surface area contributed by atoms with Gasteiger partial charge < -0.3 is 10.3 Å². The van der Waals surface area contributed by atoms with Crippen molar-refractivity contribution in [1.82, 2.24) is 4.57 Å². The number of halogens is 1. The maximum absolute atomic E-state index is 6.22. The molecule has 0 spiro atoms. The van der Waals surface area contributed by atoms with Gasteiger partial charge in [0.15, 0.2) is 0 Å². The summed E-state index contributed by atoms with van der Waals surface area (Å²) in [6, 6.07) is 15.9. The smallest absolute Gasteiger partial charge is 0.104 e. The van der Waals surface area contributed by atoms with Crippen LogP contribution in [0.15, 0.2) is 54.7 Å². The largest absolute Gasteiger partial charge is 0.389 e. The fraction of sp³-hybridized carbons (Fsp3) is 0.0625. The molecule has 0 atom stereocenters. The van der Waals surface area contributed by atoms with Crippen LogP contribution in [0.3, 0.4) is 0 Å². The van der Waals surface area contributed by atoms with Crippen molar-refractivity contribution in [3.63, 3.8) is 0 Å². The summed E-state index contributed by atoms with van der Waals surface area (Å²) in [4.78, 5) is 0.422. The van der Waals surface area contributed by atoms with Crippen LogP contribution in [0.2, 0.25) is 5.02 Å². The molecule has 3 aromatic rings. The monoisotopic (exact) mass is 300 g/mol. The van der Waals surface area contributed by atoms with Crippen molar-refractivity contribution in [3.05, 3.63) is 70.9 Å². The van der Waals surface area contributed by atoms with Crippen LogP contribution < -0.4 is 5.73 Å². The number of thiocarbonyl (C=S) groups is 1. The molecule has 0 fully saturated rings. The van der Waals surface area contributed by atoms with Crippen molar-refractivity contribution in [2.75, 3.05) is 0 Å². The lowest BCUT2D eigenvalue weighted by molar-refractivity contribution is 0.837. The van der Waals surface area contributed by atoms with Crippen molar-refractivity contribution in [2.45, 2.75) is 6.54 Å². The summed E-state index contributed by atoms with van der Waals surface area (Å²) < 4.78 is 2.15. The predicted octanol–water partition coefficient (Wildman–Crippen LogP) is 3.98. The normalized spacial score (nSPS) is 10.8. The summed E-state index contributed by atoms with van der Waals surface area (Å²) in [5.41, 5.74) is 8.88. The van der Waals surface area contributed by atoms with E-state index in [1.807, 2.05) is 48.7 Å². The molecule has 2 nitrogen and oxygen atoms in total. The number of aromatic nitrogens is 1. The average Bonchev–Trinajstić information content (AvgIpc) is 2.84. The lowest BCUT2D eigenvalue weighted by Gasteiger charge is -2.08. The molecule has 0 saturated heterocycles. The van der Waals surface area contributed by atoms with Crippen LogP contribution in [0.25, 0.3) is 10.9 Å². The first-order chi connectivity index (χ1) is 9.66. The fourth-order valence-electron chi connectivity index (χ4n) is 2.39. The second-order valence-electron chi connectivity index (χ2n) is 4.64. The van der Waals surface area contributed by atoms with Gasteiger partial charge in [-0.2, -0.15) is 0 Å². The highest BCUT2D eigenvalue weighted by molar-refractivity contribution is 7.80. The highest BCUT2D eigenvalue weighted by Crippen LogP contribution is 2.23. The Bertz CT molecular complexity index is 792. The van der Waals surface area contributed by atoms with E-state index in [4.69, 9.17) is 29.6 Å². The Morgan fingerprint density at radius 1 is 1.10 bits per heavy atom. The van der Waals surface area contributed by atoms with Gasteiger partial charge in [0.2, 0.25) is 0 Å². The Hall–Kier alpha value is -1.84. The molecule has 1 aromatic heterocycles. The van der Waals surface area contributed by atoms with E-state index in [0.29, 0.717) is 4.99 Å². The van der Waals surface area contributed by atoms with E-state index in [-0.39, 0.29) is 0 Å². The number of hydrogen-bond acceptors (Lipinski definition) is 1. The third kappa shape index (κ3) is 2.30. The average molecular weight is 301 g/mol. The van der Waals surface area contributed by atoms with E-state index < -0.39 is 0 Å². The summed E-state index contributed by atoms with van der Waals surface area (Å²) in [6.45, 7) is 0.726. The van der Waals surface area contributed by atoms with E-state index >= 15 is 0 Å². The maximum Gasteiger partial charge on any atom is 0.104 e. The van der Waals surface area contributed by atoms with Gasteiger partial charge in [-0.25, -0.2) is 0 Å². The first kappa shape index (κ1) is 13.2. The highest BCUT2D eigenvalue weighted by Gasteiger charge is 2.08. The van der Waals surface area contributed by atoms with Crippen LogP contribution in [0.5, 0.6) is 0 Å². The van der Waals surface area contributed by atoms with Crippen LogP contribution in [0.4, 0.5) is 0 Å². The topological polar surface area (TPSA) is 30.9 Å². The Morgan fingerprint density at radius 3 is 2.65 bits per heavy atom. The first-order valence-electron chi connectivity index (χ1n) is 6.28. The Balaban J connectivity index is 2.08. The van der Waals surface area contributed by atoms with E-state index in [1.165, 1.54) is 0 Å². The van der Waals surface area contributed by atoms with Crippen LogP contribution in [0.1, 0.15) is 11.1 Å². The number of rotatable bonds is 3. The summed E-state index contributed by atoms with van der Waals surface area (Å²) >= 11 is 11.3. The van der Waals surface area contributed by atoms with Gasteiger partial charge in [-0.15, -0.1) is 0 Å². The van der Waals surface area contributed by atoms with Gasteiger partial charge in [0.1, 0.15) is 4.99 Å². The Labute approximate surface area is 127 Å². The molecule has 2 aromatic carbocycles. The number of hydrogen-bond donors (Lipinski definition) is 1.